The van der Waals surface area contributed by atoms with Gasteiger partial charge in [-0.2, -0.15) is 0 Å². The summed E-state index contributed by atoms with van der Waals surface area (Å²) in [6, 6.07) is 8.38. The van der Waals surface area contributed by atoms with Gasteiger partial charge >= 0.3 is 0 Å². The molecular formula is C8H12BN. The van der Waals surface area contributed by atoms with Crippen molar-refractivity contribution in [1.29, 1.82) is 0 Å². The topological polar surface area (TPSA) is 12.0 Å². The highest BCUT2D eigenvalue weighted by Crippen LogP contribution is 2.01. The molecule has 0 heterocycles. The monoisotopic (exact) mass is 133 g/mol. The van der Waals surface area contributed by atoms with Crippen LogP contribution in [0.2, 0.25) is 0 Å². The normalized spacial score (nSPS) is 9.30. The largest absolute Gasteiger partial charge is 0.385 e. The van der Waals surface area contributed by atoms with Crippen LogP contribution in [-0.4, -0.2) is 14.4 Å². The maximum Gasteiger partial charge on any atom is 0.139 e. The van der Waals surface area contributed by atoms with Crippen molar-refractivity contribution in [3.05, 3.63) is 24.3 Å². The van der Waals surface area contributed by atoms with Crippen LogP contribution in [0.5, 0.6) is 0 Å². The van der Waals surface area contributed by atoms with E-state index in [1.807, 2.05) is 0 Å². The van der Waals surface area contributed by atoms with E-state index in [9.17, 15) is 0 Å². The summed E-state index contributed by atoms with van der Waals surface area (Å²) in [6.07, 6.45) is 0. The Kier molecular flexibility index (Phi) is 2.38. The summed E-state index contributed by atoms with van der Waals surface area (Å²) in [5, 5.41) is 3.25. The van der Waals surface area contributed by atoms with E-state index >= 15 is 0 Å². The first kappa shape index (κ1) is 7.20. The fourth-order valence-electron chi connectivity index (χ4n) is 0.959. The summed E-state index contributed by atoms with van der Waals surface area (Å²) in [4.78, 5) is 0. The van der Waals surface area contributed by atoms with Crippen molar-refractivity contribution >= 4 is 19.0 Å². The van der Waals surface area contributed by atoms with Crippen molar-refractivity contribution in [3.8, 4) is 0 Å². The molecule has 0 unspecified atom stereocenters. The minimum atomic E-state index is 0.990. The average Bonchev–Trinajstić information content (AvgIpc) is 1.88. The second-order valence-corrected chi connectivity index (χ2v) is 2.40. The van der Waals surface area contributed by atoms with Gasteiger partial charge in [0.2, 0.25) is 0 Å². The number of hydrogen-bond donors (Lipinski definition) is 1. The Hall–Kier alpha value is -0.915. The fraction of sp³-hybridized carbons (Fsp3) is 0.250. The SMILES string of the molecule is Bc1cccc(NCC)c1. The van der Waals surface area contributed by atoms with Gasteiger partial charge in [-0.05, 0) is 19.1 Å². The van der Waals surface area contributed by atoms with Gasteiger partial charge in [0.05, 0.1) is 0 Å². The smallest absolute Gasteiger partial charge is 0.139 e. The maximum absolute atomic E-state index is 3.25. The standard InChI is InChI=1S/C8H12BN/c1-2-10-8-5-3-4-7(9)6-8/h3-6,10H,2,9H2,1H3. The van der Waals surface area contributed by atoms with E-state index in [4.69, 9.17) is 0 Å². The van der Waals surface area contributed by atoms with Gasteiger partial charge in [0.25, 0.3) is 0 Å². The van der Waals surface area contributed by atoms with Crippen molar-refractivity contribution in [1.82, 2.24) is 0 Å². The molecule has 0 aliphatic rings. The third-order valence-electron chi connectivity index (χ3n) is 1.40. The predicted molar refractivity (Wildman–Crippen MR) is 48.8 cm³/mol. The van der Waals surface area contributed by atoms with Crippen molar-refractivity contribution in [2.24, 2.45) is 0 Å². The van der Waals surface area contributed by atoms with Crippen LogP contribution in [0.25, 0.3) is 0 Å². The van der Waals surface area contributed by atoms with Crippen molar-refractivity contribution in [2.75, 3.05) is 11.9 Å². The van der Waals surface area contributed by atoms with Gasteiger partial charge in [0.15, 0.2) is 0 Å². The number of anilines is 1. The van der Waals surface area contributed by atoms with Gasteiger partial charge in [-0.1, -0.05) is 17.6 Å². The zero-order valence-electron chi connectivity index (χ0n) is 6.52. The third kappa shape index (κ3) is 1.80. The second-order valence-electron chi connectivity index (χ2n) is 2.40. The van der Waals surface area contributed by atoms with Gasteiger partial charge in [0, 0.05) is 12.2 Å². The molecule has 0 radical (unpaired) electrons. The average molecular weight is 133 g/mol. The van der Waals surface area contributed by atoms with Crippen molar-refractivity contribution in [3.63, 3.8) is 0 Å². The minimum absolute atomic E-state index is 0.990. The number of benzene rings is 1. The van der Waals surface area contributed by atoms with Crippen LogP contribution in [0.3, 0.4) is 0 Å². The molecule has 0 aliphatic heterocycles. The molecule has 2 heteroatoms. The Morgan fingerprint density at radius 2 is 2.30 bits per heavy atom. The van der Waals surface area contributed by atoms with Crippen LogP contribution in [-0.2, 0) is 0 Å². The lowest BCUT2D eigenvalue weighted by atomic mass is 9.96. The number of rotatable bonds is 2. The molecule has 1 aromatic carbocycles. The molecule has 0 fully saturated rings. The zero-order valence-corrected chi connectivity index (χ0v) is 6.52. The van der Waals surface area contributed by atoms with E-state index in [1.165, 1.54) is 11.2 Å². The number of hydrogen-bond acceptors (Lipinski definition) is 1. The van der Waals surface area contributed by atoms with E-state index in [1.54, 1.807) is 0 Å². The molecule has 1 nitrogen and oxygen atoms in total. The molecule has 0 aliphatic carbocycles. The van der Waals surface area contributed by atoms with E-state index in [2.05, 4.69) is 44.4 Å². The van der Waals surface area contributed by atoms with Crippen LogP contribution in [0.15, 0.2) is 24.3 Å². The van der Waals surface area contributed by atoms with Gasteiger partial charge in [-0.3, -0.25) is 0 Å². The molecule has 0 spiro atoms. The second kappa shape index (κ2) is 3.30. The Balaban J connectivity index is 2.75. The van der Waals surface area contributed by atoms with Crippen LogP contribution < -0.4 is 10.8 Å². The summed E-state index contributed by atoms with van der Waals surface area (Å²) < 4.78 is 0. The molecule has 1 aromatic rings. The molecule has 0 amide bonds. The van der Waals surface area contributed by atoms with Crippen molar-refractivity contribution < 1.29 is 0 Å². The molecule has 10 heavy (non-hydrogen) atoms. The molecule has 1 rings (SSSR count). The molecule has 1 N–H and O–H groups in total. The molecule has 0 saturated heterocycles. The first-order chi connectivity index (χ1) is 4.83. The Labute approximate surface area is 62.9 Å². The Morgan fingerprint density at radius 3 is 2.90 bits per heavy atom. The highest BCUT2D eigenvalue weighted by molar-refractivity contribution is 6.32. The summed E-state index contributed by atoms with van der Waals surface area (Å²) in [6.45, 7) is 3.09. The number of nitrogens with one attached hydrogen (secondary N) is 1. The maximum atomic E-state index is 3.25. The molecular weight excluding hydrogens is 121 g/mol. The summed E-state index contributed by atoms with van der Waals surface area (Å²) in [7, 11) is 2.10. The fourth-order valence-corrected chi connectivity index (χ4v) is 0.959. The Morgan fingerprint density at radius 1 is 1.50 bits per heavy atom. The highest BCUT2D eigenvalue weighted by Gasteiger charge is 1.87. The lowest BCUT2D eigenvalue weighted by molar-refractivity contribution is 1.21. The minimum Gasteiger partial charge on any atom is -0.385 e. The predicted octanol–water partition coefficient (Wildman–Crippen LogP) is 0.377. The van der Waals surface area contributed by atoms with Gasteiger partial charge in [-0.25, -0.2) is 0 Å². The van der Waals surface area contributed by atoms with Crippen LogP contribution in [0, 0.1) is 0 Å². The van der Waals surface area contributed by atoms with E-state index < -0.39 is 0 Å². The van der Waals surface area contributed by atoms with Gasteiger partial charge in [0.1, 0.15) is 7.85 Å². The first-order valence-electron chi connectivity index (χ1n) is 3.63. The van der Waals surface area contributed by atoms with Crippen LogP contribution in [0.4, 0.5) is 5.69 Å². The Bertz CT molecular complexity index is 210. The molecule has 0 atom stereocenters. The van der Waals surface area contributed by atoms with Crippen LogP contribution in [0.1, 0.15) is 6.92 Å². The summed E-state index contributed by atoms with van der Waals surface area (Å²) in [5.74, 6) is 0. The zero-order chi connectivity index (χ0) is 7.40. The molecule has 0 aromatic heterocycles. The quantitative estimate of drug-likeness (QED) is 0.575. The molecule has 0 saturated carbocycles. The lowest BCUT2D eigenvalue weighted by Crippen LogP contribution is -2.04. The van der Waals surface area contributed by atoms with Crippen LogP contribution >= 0.6 is 0 Å². The van der Waals surface area contributed by atoms with Gasteiger partial charge in [-0.15, -0.1) is 0 Å². The first-order valence-corrected chi connectivity index (χ1v) is 3.63. The van der Waals surface area contributed by atoms with E-state index in [0.717, 1.165) is 6.54 Å². The van der Waals surface area contributed by atoms with E-state index in [0.29, 0.717) is 0 Å². The molecule has 0 bridgehead atoms. The lowest BCUT2D eigenvalue weighted by Gasteiger charge is -2.02. The van der Waals surface area contributed by atoms with Crippen molar-refractivity contribution in [2.45, 2.75) is 6.92 Å². The highest BCUT2D eigenvalue weighted by atomic mass is 14.8. The molecule has 52 valence electrons. The van der Waals surface area contributed by atoms with E-state index in [-0.39, 0.29) is 0 Å². The van der Waals surface area contributed by atoms with Gasteiger partial charge < -0.3 is 5.32 Å². The third-order valence-corrected chi connectivity index (χ3v) is 1.40. The summed E-state index contributed by atoms with van der Waals surface area (Å²) >= 11 is 0. The summed E-state index contributed by atoms with van der Waals surface area (Å²) in [5.41, 5.74) is 2.51.